The summed E-state index contributed by atoms with van der Waals surface area (Å²) in [6.07, 6.45) is 5.47. The highest BCUT2D eigenvalue weighted by Crippen LogP contribution is 2.26. The summed E-state index contributed by atoms with van der Waals surface area (Å²) < 4.78 is 5.75. The zero-order valence-corrected chi connectivity index (χ0v) is 17.0. The largest absolute Gasteiger partial charge is 0.487 e. The fourth-order valence-electron chi connectivity index (χ4n) is 2.44. The molecule has 0 aliphatic rings. The third-order valence-electron chi connectivity index (χ3n) is 4.04. The van der Waals surface area contributed by atoms with Gasteiger partial charge in [0, 0.05) is 0 Å². The zero-order chi connectivity index (χ0) is 19.7. The number of hydrogen-bond donors (Lipinski definition) is 2. The SMILES string of the molecule is CCCCNCCC.CCc1ccc(OCc2ccccc2)c(NC=O)c1. The number of amides is 1. The van der Waals surface area contributed by atoms with Crippen molar-refractivity contribution in [3.63, 3.8) is 0 Å². The lowest BCUT2D eigenvalue weighted by atomic mass is 10.1. The molecule has 0 saturated carbocycles. The molecule has 27 heavy (non-hydrogen) atoms. The van der Waals surface area contributed by atoms with Crippen LogP contribution >= 0.6 is 0 Å². The van der Waals surface area contributed by atoms with Gasteiger partial charge in [-0.15, -0.1) is 0 Å². The molecule has 2 aromatic rings. The monoisotopic (exact) mass is 370 g/mol. The van der Waals surface area contributed by atoms with Crippen LogP contribution in [0.25, 0.3) is 0 Å². The Morgan fingerprint density at radius 3 is 2.33 bits per heavy atom. The second-order valence-corrected chi connectivity index (χ2v) is 6.32. The van der Waals surface area contributed by atoms with E-state index >= 15 is 0 Å². The molecule has 0 radical (unpaired) electrons. The van der Waals surface area contributed by atoms with Crippen molar-refractivity contribution in [2.45, 2.75) is 53.1 Å². The maximum absolute atomic E-state index is 10.6. The number of unbranched alkanes of at least 4 members (excludes halogenated alkanes) is 1. The van der Waals surface area contributed by atoms with Crippen LogP contribution in [0.3, 0.4) is 0 Å². The van der Waals surface area contributed by atoms with E-state index in [4.69, 9.17) is 4.74 Å². The van der Waals surface area contributed by atoms with Crippen molar-refractivity contribution in [3.05, 3.63) is 59.7 Å². The van der Waals surface area contributed by atoms with Crippen LogP contribution in [0, 0.1) is 0 Å². The van der Waals surface area contributed by atoms with Gasteiger partial charge in [0.25, 0.3) is 0 Å². The lowest BCUT2D eigenvalue weighted by molar-refractivity contribution is -0.105. The third kappa shape index (κ3) is 9.80. The van der Waals surface area contributed by atoms with Gasteiger partial charge in [0.15, 0.2) is 0 Å². The molecule has 0 fully saturated rings. The Balaban J connectivity index is 0.000000387. The highest BCUT2D eigenvalue weighted by atomic mass is 16.5. The third-order valence-corrected chi connectivity index (χ3v) is 4.04. The van der Waals surface area contributed by atoms with Crippen molar-refractivity contribution in [2.24, 2.45) is 0 Å². The minimum atomic E-state index is 0.486. The van der Waals surface area contributed by atoms with E-state index in [0.29, 0.717) is 24.5 Å². The van der Waals surface area contributed by atoms with Crippen LogP contribution in [0.4, 0.5) is 5.69 Å². The fourth-order valence-corrected chi connectivity index (χ4v) is 2.44. The Hall–Kier alpha value is -2.33. The Morgan fingerprint density at radius 1 is 0.926 bits per heavy atom. The quantitative estimate of drug-likeness (QED) is 0.423. The average molecular weight is 371 g/mol. The van der Waals surface area contributed by atoms with E-state index < -0.39 is 0 Å². The predicted molar refractivity (Wildman–Crippen MR) is 114 cm³/mol. The maximum atomic E-state index is 10.6. The molecule has 2 rings (SSSR count). The molecule has 0 bridgehead atoms. The number of aryl methyl sites for hydroxylation is 1. The van der Waals surface area contributed by atoms with Gasteiger partial charge in [0.1, 0.15) is 12.4 Å². The van der Waals surface area contributed by atoms with Crippen LogP contribution in [0.15, 0.2) is 48.5 Å². The van der Waals surface area contributed by atoms with Crippen molar-refractivity contribution < 1.29 is 9.53 Å². The van der Waals surface area contributed by atoms with E-state index in [1.54, 1.807) is 0 Å². The fraction of sp³-hybridized carbons (Fsp3) is 0.435. The van der Waals surface area contributed by atoms with Crippen LogP contribution in [0.5, 0.6) is 5.75 Å². The summed E-state index contributed by atoms with van der Waals surface area (Å²) in [6.45, 7) is 9.35. The first-order valence-corrected chi connectivity index (χ1v) is 9.95. The summed E-state index contributed by atoms with van der Waals surface area (Å²) in [7, 11) is 0. The first-order chi connectivity index (χ1) is 13.2. The number of benzene rings is 2. The van der Waals surface area contributed by atoms with Gasteiger partial charge < -0.3 is 15.4 Å². The molecule has 0 unspecified atom stereocenters. The molecular formula is C23H34N2O2. The molecule has 0 spiro atoms. The Bertz CT molecular complexity index is 624. The number of hydrogen-bond acceptors (Lipinski definition) is 3. The van der Waals surface area contributed by atoms with Crippen molar-refractivity contribution in [1.29, 1.82) is 0 Å². The topological polar surface area (TPSA) is 50.4 Å². The highest BCUT2D eigenvalue weighted by Gasteiger charge is 2.04. The minimum absolute atomic E-state index is 0.486. The molecule has 4 heteroatoms. The van der Waals surface area contributed by atoms with Crippen molar-refractivity contribution >= 4 is 12.1 Å². The summed E-state index contributed by atoms with van der Waals surface area (Å²) in [5.41, 5.74) is 2.97. The van der Waals surface area contributed by atoms with E-state index in [1.807, 2.05) is 48.5 Å². The molecule has 0 saturated heterocycles. The average Bonchev–Trinajstić information content (AvgIpc) is 2.72. The number of ether oxygens (including phenoxy) is 1. The van der Waals surface area contributed by atoms with Gasteiger partial charge in [0.05, 0.1) is 5.69 Å². The summed E-state index contributed by atoms with van der Waals surface area (Å²) in [4.78, 5) is 10.6. The lowest BCUT2D eigenvalue weighted by Crippen LogP contribution is -2.15. The van der Waals surface area contributed by atoms with Gasteiger partial charge in [-0.2, -0.15) is 0 Å². The van der Waals surface area contributed by atoms with Crippen LogP contribution in [-0.2, 0) is 17.8 Å². The maximum Gasteiger partial charge on any atom is 0.211 e. The summed E-state index contributed by atoms with van der Waals surface area (Å²) >= 11 is 0. The van der Waals surface area contributed by atoms with E-state index in [-0.39, 0.29) is 0 Å². The summed E-state index contributed by atoms with van der Waals surface area (Å²) in [5.74, 6) is 0.688. The molecule has 2 aromatic carbocycles. The lowest BCUT2D eigenvalue weighted by Gasteiger charge is -2.12. The van der Waals surface area contributed by atoms with Gasteiger partial charge in [0.2, 0.25) is 6.41 Å². The molecule has 2 N–H and O–H groups in total. The number of rotatable bonds is 11. The van der Waals surface area contributed by atoms with Gasteiger partial charge in [-0.3, -0.25) is 4.79 Å². The molecule has 0 aliphatic carbocycles. The van der Waals surface area contributed by atoms with Gasteiger partial charge in [-0.05, 0) is 55.6 Å². The molecule has 0 aromatic heterocycles. The molecule has 148 valence electrons. The van der Waals surface area contributed by atoms with Crippen LogP contribution in [0.1, 0.15) is 51.2 Å². The van der Waals surface area contributed by atoms with E-state index in [0.717, 1.165) is 17.5 Å². The summed E-state index contributed by atoms with van der Waals surface area (Å²) in [5, 5.41) is 6.02. The van der Waals surface area contributed by atoms with Gasteiger partial charge in [-0.1, -0.05) is 63.6 Å². The highest BCUT2D eigenvalue weighted by molar-refractivity contribution is 5.75. The van der Waals surface area contributed by atoms with Crippen LogP contribution < -0.4 is 15.4 Å². The Labute approximate surface area is 164 Å². The molecular weight excluding hydrogens is 336 g/mol. The van der Waals surface area contributed by atoms with Crippen molar-refractivity contribution in [2.75, 3.05) is 18.4 Å². The molecule has 0 atom stereocenters. The second kappa shape index (κ2) is 14.8. The van der Waals surface area contributed by atoms with E-state index in [1.165, 1.54) is 32.4 Å². The summed E-state index contributed by atoms with van der Waals surface area (Å²) in [6, 6.07) is 15.8. The number of carbonyl (C=O) groups excluding carboxylic acids is 1. The van der Waals surface area contributed by atoms with Gasteiger partial charge in [-0.25, -0.2) is 0 Å². The Morgan fingerprint density at radius 2 is 1.70 bits per heavy atom. The number of nitrogens with one attached hydrogen (secondary N) is 2. The number of carbonyl (C=O) groups is 1. The predicted octanol–water partition coefficient (Wildman–Crippen LogP) is 5.18. The second-order valence-electron chi connectivity index (χ2n) is 6.32. The van der Waals surface area contributed by atoms with Crippen LogP contribution in [-0.4, -0.2) is 19.5 Å². The van der Waals surface area contributed by atoms with E-state index in [2.05, 4.69) is 31.4 Å². The van der Waals surface area contributed by atoms with E-state index in [9.17, 15) is 4.79 Å². The van der Waals surface area contributed by atoms with Gasteiger partial charge >= 0.3 is 0 Å². The first-order valence-electron chi connectivity index (χ1n) is 9.95. The number of anilines is 1. The smallest absolute Gasteiger partial charge is 0.211 e. The zero-order valence-electron chi connectivity index (χ0n) is 17.0. The minimum Gasteiger partial charge on any atom is -0.487 e. The normalized spacial score (nSPS) is 9.89. The molecule has 1 amide bonds. The molecule has 0 heterocycles. The molecule has 4 nitrogen and oxygen atoms in total. The first kappa shape index (κ1) is 22.7. The molecule has 0 aliphatic heterocycles. The Kier molecular flexibility index (Phi) is 12.4. The van der Waals surface area contributed by atoms with Crippen molar-refractivity contribution in [3.8, 4) is 5.75 Å². The standard InChI is InChI=1S/C16H17NO2.C7H17N/c1-2-13-8-9-16(15(10-13)17-12-18)19-11-14-6-4-3-5-7-14;1-3-5-7-8-6-4-2/h3-10,12H,2,11H2,1H3,(H,17,18);8H,3-7H2,1-2H3. The van der Waals surface area contributed by atoms with Crippen LogP contribution in [0.2, 0.25) is 0 Å². The van der Waals surface area contributed by atoms with Crippen molar-refractivity contribution in [1.82, 2.24) is 5.32 Å².